The number of alkyl carbamates (subject to hydrolysis) is 1. The third kappa shape index (κ3) is 8.19. The van der Waals surface area contributed by atoms with Crippen LogP contribution >= 0.6 is 0 Å². The summed E-state index contributed by atoms with van der Waals surface area (Å²) in [5.74, 6) is -1.42. The highest BCUT2D eigenvalue weighted by Crippen LogP contribution is 2.08. The molecule has 0 saturated carbocycles. The molecular formula is C18H25NO6. The van der Waals surface area contributed by atoms with E-state index in [1.54, 1.807) is 20.8 Å². The number of carbonyl (C=O) groups excluding carboxylic acids is 3. The molecule has 25 heavy (non-hydrogen) atoms. The Hall–Kier alpha value is -2.57. The average molecular weight is 351 g/mol. The first kappa shape index (κ1) is 20.5. The van der Waals surface area contributed by atoms with E-state index in [1.807, 2.05) is 30.3 Å². The van der Waals surface area contributed by atoms with Gasteiger partial charge in [0.05, 0.1) is 0 Å². The third-order valence-electron chi connectivity index (χ3n) is 2.94. The van der Waals surface area contributed by atoms with Crippen LogP contribution in [-0.4, -0.2) is 35.8 Å². The molecule has 0 heterocycles. The van der Waals surface area contributed by atoms with Gasteiger partial charge in [-0.25, -0.2) is 14.4 Å². The lowest BCUT2D eigenvalue weighted by atomic mass is 10.2. The lowest BCUT2D eigenvalue weighted by Gasteiger charge is -2.22. The van der Waals surface area contributed by atoms with Gasteiger partial charge < -0.3 is 19.5 Å². The Morgan fingerprint density at radius 3 is 2.20 bits per heavy atom. The zero-order valence-electron chi connectivity index (χ0n) is 15.2. The van der Waals surface area contributed by atoms with Crippen LogP contribution in [0.15, 0.2) is 30.3 Å². The van der Waals surface area contributed by atoms with E-state index >= 15 is 0 Å². The van der Waals surface area contributed by atoms with Crippen molar-refractivity contribution in [2.45, 2.75) is 59.0 Å². The van der Waals surface area contributed by atoms with Crippen molar-refractivity contribution in [1.29, 1.82) is 0 Å². The fourth-order valence-electron chi connectivity index (χ4n) is 1.71. The first-order valence-electron chi connectivity index (χ1n) is 7.99. The van der Waals surface area contributed by atoms with Gasteiger partial charge in [0.25, 0.3) is 0 Å². The Kier molecular flexibility index (Phi) is 7.42. The second kappa shape index (κ2) is 9.05. The summed E-state index contributed by atoms with van der Waals surface area (Å²) in [5.41, 5.74) is 0.150. The summed E-state index contributed by atoms with van der Waals surface area (Å²) in [6, 6.07) is 8.19. The molecule has 138 valence electrons. The van der Waals surface area contributed by atoms with Crippen molar-refractivity contribution in [2.24, 2.45) is 0 Å². The molecular weight excluding hydrogens is 326 g/mol. The summed E-state index contributed by atoms with van der Waals surface area (Å²) in [5, 5.41) is 2.35. The molecule has 0 fully saturated rings. The quantitative estimate of drug-likeness (QED) is 0.626. The van der Waals surface area contributed by atoms with Gasteiger partial charge >= 0.3 is 18.0 Å². The van der Waals surface area contributed by atoms with Crippen molar-refractivity contribution < 1.29 is 28.6 Å². The summed E-state index contributed by atoms with van der Waals surface area (Å²) in [6.07, 6.45) is -1.82. The molecule has 7 heteroatoms. The second-order valence-corrected chi connectivity index (χ2v) is 6.54. The number of amides is 1. The molecule has 1 aromatic carbocycles. The normalized spacial score (nSPS) is 13.3. The monoisotopic (exact) mass is 351 g/mol. The molecule has 0 aliphatic rings. The van der Waals surface area contributed by atoms with Gasteiger partial charge in [0.1, 0.15) is 18.2 Å². The topological polar surface area (TPSA) is 90.9 Å². The number of benzene rings is 1. The molecule has 0 bridgehead atoms. The van der Waals surface area contributed by atoms with E-state index in [2.05, 4.69) is 5.32 Å². The van der Waals surface area contributed by atoms with Crippen LogP contribution in [0.5, 0.6) is 0 Å². The van der Waals surface area contributed by atoms with E-state index in [0.29, 0.717) is 0 Å². The van der Waals surface area contributed by atoms with Crippen molar-refractivity contribution in [3.63, 3.8) is 0 Å². The molecule has 0 aliphatic carbocycles. The highest BCUT2D eigenvalue weighted by molar-refractivity contribution is 5.84. The van der Waals surface area contributed by atoms with Crippen LogP contribution in [0.3, 0.4) is 0 Å². The molecule has 1 N–H and O–H groups in total. The first-order valence-corrected chi connectivity index (χ1v) is 7.99. The number of hydrogen-bond donors (Lipinski definition) is 1. The summed E-state index contributed by atoms with van der Waals surface area (Å²) in [4.78, 5) is 35.4. The molecule has 0 aromatic heterocycles. The van der Waals surface area contributed by atoms with Gasteiger partial charge in [-0.05, 0) is 40.2 Å². The molecule has 0 radical (unpaired) electrons. The summed E-state index contributed by atoms with van der Waals surface area (Å²) in [7, 11) is 0. The van der Waals surface area contributed by atoms with Gasteiger partial charge in [0.15, 0.2) is 6.10 Å². The Morgan fingerprint density at radius 2 is 1.64 bits per heavy atom. The number of hydrogen-bond acceptors (Lipinski definition) is 6. The van der Waals surface area contributed by atoms with E-state index in [-0.39, 0.29) is 6.61 Å². The molecule has 2 atom stereocenters. The number of nitrogens with one attached hydrogen (secondary N) is 1. The van der Waals surface area contributed by atoms with Crippen LogP contribution in [0, 0.1) is 0 Å². The van der Waals surface area contributed by atoms with E-state index in [1.165, 1.54) is 13.8 Å². The van der Waals surface area contributed by atoms with Crippen molar-refractivity contribution in [3.8, 4) is 0 Å². The zero-order chi connectivity index (χ0) is 19.0. The van der Waals surface area contributed by atoms with E-state index in [0.717, 1.165) is 5.56 Å². The molecule has 1 amide bonds. The van der Waals surface area contributed by atoms with Crippen molar-refractivity contribution in [1.82, 2.24) is 5.32 Å². The van der Waals surface area contributed by atoms with Crippen LogP contribution in [0.25, 0.3) is 0 Å². The fourth-order valence-corrected chi connectivity index (χ4v) is 1.71. The minimum atomic E-state index is -1.08. The highest BCUT2D eigenvalue weighted by Gasteiger charge is 2.26. The van der Waals surface area contributed by atoms with Gasteiger partial charge in [0, 0.05) is 0 Å². The van der Waals surface area contributed by atoms with Crippen LogP contribution in [0.4, 0.5) is 4.79 Å². The largest absolute Gasteiger partial charge is 0.458 e. The average Bonchev–Trinajstić information content (AvgIpc) is 2.51. The Labute approximate surface area is 147 Å². The highest BCUT2D eigenvalue weighted by atomic mass is 16.6. The third-order valence-corrected chi connectivity index (χ3v) is 2.94. The maximum absolute atomic E-state index is 11.9. The SMILES string of the molecule is C[C@H](NC(=O)OC(C)(C)C)C(=O)O[C@@H](C)C(=O)OCc1ccccc1. The van der Waals surface area contributed by atoms with E-state index in [4.69, 9.17) is 14.2 Å². The van der Waals surface area contributed by atoms with Gasteiger partial charge in [0.2, 0.25) is 0 Å². The van der Waals surface area contributed by atoms with Gasteiger partial charge in [-0.2, -0.15) is 0 Å². The summed E-state index contributed by atoms with van der Waals surface area (Å²) >= 11 is 0. The summed E-state index contributed by atoms with van der Waals surface area (Å²) < 4.78 is 15.1. The zero-order valence-corrected chi connectivity index (χ0v) is 15.2. The van der Waals surface area contributed by atoms with E-state index in [9.17, 15) is 14.4 Å². The van der Waals surface area contributed by atoms with Crippen molar-refractivity contribution in [2.75, 3.05) is 0 Å². The predicted octanol–water partition coefficient (Wildman–Crippen LogP) is 2.57. The van der Waals surface area contributed by atoms with Crippen molar-refractivity contribution >= 4 is 18.0 Å². The summed E-state index contributed by atoms with van der Waals surface area (Å²) in [6.45, 7) is 8.06. The number of rotatable bonds is 6. The Balaban J connectivity index is 2.41. The van der Waals surface area contributed by atoms with E-state index < -0.39 is 35.8 Å². The second-order valence-electron chi connectivity index (χ2n) is 6.54. The predicted molar refractivity (Wildman–Crippen MR) is 90.6 cm³/mol. The number of carbonyl (C=O) groups is 3. The minimum absolute atomic E-state index is 0.0906. The van der Waals surface area contributed by atoms with Gasteiger partial charge in [-0.15, -0.1) is 0 Å². The van der Waals surface area contributed by atoms with Gasteiger partial charge in [-0.1, -0.05) is 30.3 Å². The Morgan fingerprint density at radius 1 is 1.04 bits per heavy atom. The standard InChI is InChI=1S/C18H25NO6/c1-12(19-17(22)25-18(3,4)5)15(20)24-13(2)16(21)23-11-14-9-7-6-8-10-14/h6-10,12-13H,11H2,1-5H3,(H,19,22)/t12-,13-/m0/s1. The van der Waals surface area contributed by atoms with Crippen LogP contribution < -0.4 is 5.32 Å². The lowest BCUT2D eigenvalue weighted by molar-refractivity contribution is -0.168. The van der Waals surface area contributed by atoms with Crippen LogP contribution in [-0.2, 0) is 30.4 Å². The molecule has 7 nitrogen and oxygen atoms in total. The lowest BCUT2D eigenvalue weighted by Crippen LogP contribution is -2.43. The smallest absolute Gasteiger partial charge is 0.408 e. The molecule has 0 aliphatic heterocycles. The van der Waals surface area contributed by atoms with Crippen LogP contribution in [0.2, 0.25) is 0 Å². The molecule has 1 aromatic rings. The molecule has 1 rings (SSSR count). The van der Waals surface area contributed by atoms with Crippen molar-refractivity contribution in [3.05, 3.63) is 35.9 Å². The maximum atomic E-state index is 11.9. The van der Waals surface area contributed by atoms with Gasteiger partial charge in [-0.3, -0.25) is 0 Å². The molecule has 0 spiro atoms. The van der Waals surface area contributed by atoms with Crippen LogP contribution in [0.1, 0.15) is 40.2 Å². The number of ether oxygens (including phenoxy) is 3. The number of esters is 2. The first-order chi connectivity index (χ1) is 11.6. The fraction of sp³-hybridized carbons (Fsp3) is 0.500. The minimum Gasteiger partial charge on any atom is -0.458 e. The molecule has 0 saturated heterocycles. The Bertz CT molecular complexity index is 593. The molecule has 0 unspecified atom stereocenters. The maximum Gasteiger partial charge on any atom is 0.408 e.